The third kappa shape index (κ3) is 3.67. The number of nitrogens with zero attached hydrogens (tertiary/aromatic N) is 1. The van der Waals surface area contributed by atoms with E-state index >= 15 is 0 Å². The molecule has 1 fully saturated rings. The van der Waals surface area contributed by atoms with E-state index in [-0.39, 0.29) is 23.4 Å². The van der Waals surface area contributed by atoms with E-state index in [0.717, 1.165) is 17.9 Å². The summed E-state index contributed by atoms with van der Waals surface area (Å²) in [4.78, 5) is 16.4. The molecule has 2 unspecified atom stereocenters. The molecule has 3 rings (SSSR count). The minimum absolute atomic E-state index is 0.0342. The van der Waals surface area contributed by atoms with Crippen LogP contribution in [0, 0.1) is 6.92 Å². The van der Waals surface area contributed by atoms with Gasteiger partial charge in [0.25, 0.3) is 5.91 Å². The van der Waals surface area contributed by atoms with Crippen molar-refractivity contribution in [1.82, 2.24) is 10.3 Å². The van der Waals surface area contributed by atoms with Crippen molar-refractivity contribution in [3.05, 3.63) is 59.4 Å². The quantitative estimate of drug-likeness (QED) is 0.909. The first kappa shape index (κ1) is 15.9. The molecular formula is C18H20N2O2S. The third-order valence-electron chi connectivity index (χ3n) is 4.15. The van der Waals surface area contributed by atoms with Crippen molar-refractivity contribution in [1.29, 1.82) is 0 Å². The zero-order valence-electron chi connectivity index (χ0n) is 13.0. The molecule has 0 spiro atoms. The van der Waals surface area contributed by atoms with Crippen molar-refractivity contribution >= 4 is 17.7 Å². The molecule has 2 heterocycles. The number of carbonyl (C=O) groups excluding carboxylic acids is 1. The van der Waals surface area contributed by atoms with Crippen molar-refractivity contribution in [3.63, 3.8) is 0 Å². The summed E-state index contributed by atoms with van der Waals surface area (Å²) < 4.78 is 0. The van der Waals surface area contributed by atoms with Gasteiger partial charge < -0.3 is 10.4 Å². The van der Waals surface area contributed by atoms with Crippen LogP contribution in [0.3, 0.4) is 0 Å². The van der Waals surface area contributed by atoms with Gasteiger partial charge in [-0.15, -0.1) is 0 Å². The fourth-order valence-electron chi connectivity index (χ4n) is 2.86. The molecule has 5 heteroatoms. The lowest BCUT2D eigenvalue weighted by molar-refractivity contribution is 0.0929. The number of carbonyl (C=O) groups is 1. The zero-order valence-corrected chi connectivity index (χ0v) is 13.8. The van der Waals surface area contributed by atoms with E-state index in [0.29, 0.717) is 11.5 Å². The summed E-state index contributed by atoms with van der Waals surface area (Å²) in [5, 5.41) is 13.0. The molecule has 0 bridgehead atoms. The van der Waals surface area contributed by atoms with Crippen LogP contribution < -0.4 is 5.32 Å². The molecule has 1 aromatic heterocycles. The molecule has 1 saturated heterocycles. The van der Waals surface area contributed by atoms with Gasteiger partial charge in [0.1, 0.15) is 5.75 Å². The number of amides is 1. The molecule has 120 valence electrons. The molecule has 0 aliphatic carbocycles. The number of aryl methyl sites for hydroxylation is 1. The summed E-state index contributed by atoms with van der Waals surface area (Å²) in [5.41, 5.74) is 2.08. The maximum absolute atomic E-state index is 12.4. The van der Waals surface area contributed by atoms with Crippen molar-refractivity contribution in [2.45, 2.75) is 25.3 Å². The SMILES string of the molecule is Cc1ccnc(C(=O)NC2CSCC(c3ccccc3)C2)c1O. The summed E-state index contributed by atoms with van der Waals surface area (Å²) in [5.74, 6) is 2.07. The molecule has 1 aliphatic heterocycles. The molecule has 1 aliphatic rings. The number of hydrogen-bond donors (Lipinski definition) is 2. The number of rotatable bonds is 3. The number of pyridine rings is 1. The molecule has 1 aromatic carbocycles. The van der Waals surface area contributed by atoms with Gasteiger partial charge in [0.2, 0.25) is 0 Å². The predicted molar refractivity (Wildman–Crippen MR) is 93.0 cm³/mol. The van der Waals surface area contributed by atoms with Crippen LogP contribution >= 0.6 is 11.8 Å². The first-order valence-corrected chi connectivity index (χ1v) is 8.88. The highest BCUT2D eigenvalue weighted by Crippen LogP contribution is 2.31. The number of aromatic nitrogens is 1. The Morgan fingerprint density at radius 2 is 2.04 bits per heavy atom. The molecule has 2 aromatic rings. The highest BCUT2D eigenvalue weighted by atomic mass is 32.2. The summed E-state index contributed by atoms with van der Waals surface area (Å²) in [6.45, 7) is 1.76. The van der Waals surface area contributed by atoms with Crippen molar-refractivity contribution in [2.24, 2.45) is 0 Å². The molecule has 0 radical (unpaired) electrons. The number of aromatic hydroxyl groups is 1. The zero-order chi connectivity index (χ0) is 16.2. The average Bonchev–Trinajstić information content (AvgIpc) is 2.58. The van der Waals surface area contributed by atoms with Gasteiger partial charge in [-0.1, -0.05) is 30.3 Å². The summed E-state index contributed by atoms with van der Waals surface area (Å²) in [6.07, 6.45) is 2.46. The van der Waals surface area contributed by atoms with Crippen LogP contribution in [0.4, 0.5) is 0 Å². The van der Waals surface area contributed by atoms with E-state index in [9.17, 15) is 9.90 Å². The second-order valence-corrected chi connectivity index (χ2v) is 6.95. The predicted octanol–water partition coefficient (Wildman–Crippen LogP) is 3.11. The lowest BCUT2D eigenvalue weighted by atomic mass is 9.94. The highest BCUT2D eigenvalue weighted by molar-refractivity contribution is 7.99. The molecule has 2 N–H and O–H groups in total. The maximum atomic E-state index is 12.4. The van der Waals surface area contributed by atoms with Gasteiger partial charge in [-0.2, -0.15) is 11.8 Å². The standard InChI is InChI=1S/C18H20N2O2S/c1-12-7-8-19-16(17(12)21)18(22)20-15-9-14(10-23-11-15)13-5-3-2-4-6-13/h2-8,14-15,21H,9-11H2,1H3,(H,20,22). The normalized spacial score (nSPS) is 20.9. The fraction of sp³-hybridized carbons (Fsp3) is 0.333. The van der Waals surface area contributed by atoms with Crippen molar-refractivity contribution in [2.75, 3.05) is 11.5 Å². The van der Waals surface area contributed by atoms with Gasteiger partial charge in [0.05, 0.1) is 0 Å². The minimum Gasteiger partial charge on any atom is -0.505 e. The van der Waals surface area contributed by atoms with E-state index in [4.69, 9.17) is 0 Å². The van der Waals surface area contributed by atoms with Gasteiger partial charge in [0.15, 0.2) is 5.69 Å². The fourth-order valence-corrected chi connectivity index (χ4v) is 4.11. The van der Waals surface area contributed by atoms with Crippen LogP contribution in [0.25, 0.3) is 0 Å². The minimum atomic E-state index is -0.300. The van der Waals surface area contributed by atoms with Crippen molar-refractivity contribution < 1.29 is 9.90 Å². The molecule has 23 heavy (non-hydrogen) atoms. The number of nitrogens with one attached hydrogen (secondary N) is 1. The van der Waals surface area contributed by atoms with Crippen LogP contribution in [0.2, 0.25) is 0 Å². The highest BCUT2D eigenvalue weighted by Gasteiger charge is 2.26. The van der Waals surface area contributed by atoms with E-state index in [1.54, 1.807) is 19.2 Å². The Labute approximate surface area is 140 Å². The molecule has 2 atom stereocenters. The lowest BCUT2D eigenvalue weighted by Crippen LogP contribution is -2.40. The molecular weight excluding hydrogens is 308 g/mol. The van der Waals surface area contributed by atoms with Gasteiger partial charge in [-0.25, -0.2) is 4.98 Å². The van der Waals surface area contributed by atoms with Crippen LogP contribution in [0.15, 0.2) is 42.6 Å². The van der Waals surface area contributed by atoms with Gasteiger partial charge in [-0.05, 0) is 36.5 Å². The number of benzene rings is 1. The summed E-state index contributed by atoms with van der Waals surface area (Å²) >= 11 is 1.85. The summed E-state index contributed by atoms with van der Waals surface area (Å²) in [7, 11) is 0. The number of thioether (sulfide) groups is 1. The van der Waals surface area contributed by atoms with E-state index < -0.39 is 0 Å². The summed E-state index contributed by atoms with van der Waals surface area (Å²) in [6, 6.07) is 12.2. The third-order valence-corrected chi connectivity index (χ3v) is 5.43. The topological polar surface area (TPSA) is 62.2 Å². The molecule has 4 nitrogen and oxygen atoms in total. The van der Waals surface area contributed by atoms with E-state index in [2.05, 4.69) is 34.6 Å². The Kier molecular flexibility index (Phi) is 4.86. The van der Waals surface area contributed by atoms with E-state index in [1.807, 2.05) is 17.8 Å². The maximum Gasteiger partial charge on any atom is 0.273 e. The number of hydrogen-bond acceptors (Lipinski definition) is 4. The first-order valence-electron chi connectivity index (χ1n) is 7.73. The van der Waals surface area contributed by atoms with E-state index in [1.165, 1.54) is 5.56 Å². The second kappa shape index (κ2) is 7.04. The molecule has 1 amide bonds. The van der Waals surface area contributed by atoms with Crippen LogP contribution in [-0.2, 0) is 0 Å². The Bertz CT molecular complexity index is 691. The largest absolute Gasteiger partial charge is 0.505 e. The Morgan fingerprint density at radius 1 is 1.26 bits per heavy atom. The van der Waals surface area contributed by atoms with Crippen molar-refractivity contribution in [3.8, 4) is 5.75 Å². The first-order chi connectivity index (χ1) is 11.1. The van der Waals surface area contributed by atoms with Crippen LogP contribution in [0.1, 0.15) is 34.0 Å². The Morgan fingerprint density at radius 3 is 2.83 bits per heavy atom. The van der Waals surface area contributed by atoms with Gasteiger partial charge in [-0.3, -0.25) is 4.79 Å². The smallest absolute Gasteiger partial charge is 0.273 e. The van der Waals surface area contributed by atoms with Gasteiger partial charge in [0, 0.05) is 23.7 Å². The Balaban J connectivity index is 1.68. The Hall–Kier alpha value is -2.01. The second-order valence-electron chi connectivity index (χ2n) is 5.88. The van der Waals surface area contributed by atoms with Gasteiger partial charge >= 0.3 is 0 Å². The monoisotopic (exact) mass is 328 g/mol. The van der Waals surface area contributed by atoms with Crippen LogP contribution in [0.5, 0.6) is 5.75 Å². The van der Waals surface area contributed by atoms with Crippen LogP contribution in [-0.4, -0.2) is 33.5 Å². The average molecular weight is 328 g/mol. The molecule has 0 saturated carbocycles. The lowest BCUT2D eigenvalue weighted by Gasteiger charge is -2.29.